The summed E-state index contributed by atoms with van der Waals surface area (Å²) >= 11 is 0.943. The fourth-order valence-corrected chi connectivity index (χ4v) is 3.63. The van der Waals surface area contributed by atoms with Gasteiger partial charge in [-0.25, -0.2) is 8.42 Å². The van der Waals surface area contributed by atoms with E-state index < -0.39 is 20.9 Å². The van der Waals surface area contributed by atoms with E-state index in [0.29, 0.717) is 22.4 Å². The zero-order valence-corrected chi connectivity index (χ0v) is 17.0. The van der Waals surface area contributed by atoms with E-state index in [1.165, 1.54) is 12.1 Å². The van der Waals surface area contributed by atoms with Gasteiger partial charge in [-0.3, -0.25) is 19.6 Å². The fourth-order valence-electron chi connectivity index (χ4n) is 2.54. The molecule has 0 saturated carbocycles. The number of carboxylic acids is 1. The van der Waals surface area contributed by atoms with Gasteiger partial charge in [-0.15, -0.1) is 10.2 Å². The summed E-state index contributed by atoms with van der Waals surface area (Å²) in [5.74, 6) is -0.963. The molecule has 0 aliphatic carbocycles. The zero-order valence-electron chi connectivity index (χ0n) is 15.4. The molecule has 3 rings (SSSR count). The van der Waals surface area contributed by atoms with Gasteiger partial charge in [0.15, 0.2) is 11.0 Å². The van der Waals surface area contributed by atoms with E-state index in [-0.39, 0.29) is 22.4 Å². The third-order valence-electron chi connectivity index (χ3n) is 3.72. The number of aromatic amines is 1. The van der Waals surface area contributed by atoms with Gasteiger partial charge in [0.1, 0.15) is 0 Å². The number of rotatable bonds is 8. The van der Waals surface area contributed by atoms with E-state index in [9.17, 15) is 23.3 Å². The van der Waals surface area contributed by atoms with Gasteiger partial charge in [0.05, 0.1) is 16.9 Å². The van der Waals surface area contributed by atoms with Crippen LogP contribution in [-0.2, 0) is 14.8 Å². The number of aliphatic carboxylic acids is 1. The van der Waals surface area contributed by atoms with Crippen molar-refractivity contribution in [2.24, 2.45) is 0 Å². The second kappa shape index (κ2) is 8.51. The number of hydrogen-bond donors (Lipinski definition) is 3. The van der Waals surface area contributed by atoms with Gasteiger partial charge in [0, 0.05) is 23.4 Å². The molecule has 0 aliphatic heterocycles. The molecule has 13 heteroatoms. The lowest BCUT2D eigenvalue weighted by molar-refractivity contribution is -0.384. The molecule has 1 aromatic heterocycles. The Balaban J connectivity index is 1.95. The number of nitro benzene ring substituents is 1. The first kappa shape index (κ1) is 21.3. The highest BCUT2D eigenvalue weighted by Gasteiger charge is 2.15. The maximum Gasteiger partial charge on any atom is 0.313 e. The van der Waals surface area contributed by atoms with Gasteiger partial charge >= 0.3 is 5.97 Å². The molecule has 156 valence electrons. The summed E-state index contributed by atoms with van der Waals surface area (Å²) in [4.78, 5) is 24.4. The number of nitrogens with one attached hydrogen (secondary N) is 2. The summed E-state index contributed by atoms with van der Waals surface area (Å²) in [6, 6.07) is 10.7. The van der Waals surface area contributed by atoms with Crippen molar-refractivity contribution in [2.45, 2.75) is 5.16 Å². The molecule has 0 aliphatic rings. The molecule has 11 nitrogen and oxygen atoms in total. The second-order valence-electron chi connectivity index (χ2n) is 6.14. The summed E-state index contributed by atoms with van der Waals surface area (Å²) in [7, 11) is -3.42. The lowest BCUT2D eigenvalue weighted by atomic mass is 10.0. The van der Waals surface area contributed by atoms with E-state index in [1.807, 2.05) is 0 Å². The minimum atomic E-state index is -3.42. The molecule has 3 N–H and O–H groups in total. The second-order valence-corrected chi connectivity index (χ2v) is 8.85. The predicted octanol–water partition coefficient (Wildman–Crippen LogP) is 2.60. The Morgan fingerprint density at radius 2 is 1.83 bits per heavy atom. The summed E-state index contributed by atoms with van der Waals surface area (Å²) < 4.78 is 25.0. The number of aromatic nitrogens is 3. The largest absolute Gasteiger partial charge is 0.481 e. The maximum atomic E-state index is 11.4. The molecule has 0 bridgehead atoms. The molecule has 2 aromatic carbocycles. The molecule has 0 unspecified atom stereocenters. The quantitative estimate of drug-likeness (QED) is 0.266. The van der Waals surface area contributed by atoms with Gasteiger partial charge in [-0.2, -0.15) is 0 Å². The van der Waals surface area contributed by atoms with Crippen molar-refractivity contribution in [1.82, 2.24) is 15.2 Å². The molecular weight excluding hydrogens is 434 g/mol. The fraction of sp³-hybridized carbons (Fsp3) is 0.118. The SMILES string of the molecule is CS(=O)(=O)Nc1ccc(-c2cc(-c3nnc(SCC(=O)O)[nH]3)cc([N+](=O)[O-])c2)cc1. The molecule has 0 atom stereocenters. The lowest BCUT2D eigenvalue weighted by Crippen LogP contribution is -2.09. The van der Waals surface area contributed by atoms with Crippen LogP contribution in [0.5, 0.6) is 0 Å². The summed E-state index contributed by atoms with van der Waals surface area (Å²) in [6.45, 7) is 0. The van der Waals surface area contributed by atoms with Crippen LogP contribution in [0.4, 0.5) is 11.4 Å². The molecular formula is C17H15N5O6S2. The molecule has 0 amide bonds. The molecule has 30 heavy (non-hydrogen) atoms. The molecule has 0 radical (unpaired) electrons. The van der Waals surface area contributed by atoms with Crippen LogP contribution in [0.3, 0.4) is 0 Å². The van der Waals surface area contributed by atoms with E-state index in [1.54, 1.807) is 30.3 Å². The normalized spacial score (nSPS) is 11.2. The van der Waals surface area contributed by atoms with Crippen molar-refractivity contribution < 1.29 is 23.2 Å². The molecule has 0 fully saturated rings. The summed E-state index contributed by atoms with van der Waals surface area (Å²) in [6.07, 6.45) is 1.04. The standard InChI is InChI=1S/C17H15N5O6S2/c1-30(27,28)21-13-4-2-10(3-5-13)11-6-12(8-14(7-11)22(25)26)16-18-17(20-19-16)29-9-15(23)24/h2-8,21H,9H2,1H3,(H,23,24)(H,18,19,20). The zero-order chi connectivity index (χ0) is 21.9. The van der Waals surface area contributed by atoms with Crippen LogP contribution >= 0.6 is 11.8 Å². The minimum Gasteiger partial charge on any atom is -0.481 e. The van der Waals surface area contributed by atoms with Crippen molar-refractivity contribution >= 4 is 39.1 Å². The first-order chi connectivity index (χ1) is 14.1. The highest BCUT2D eigenvalue weighted by Crippen LogP contribution is 2.31. The van der Waals surface area contributed by atoms with Crippen molar-refractivity contribution in [3.05, 3.63) is 52.6 Å². The van der Waals surface area contributed by atoms with Gasteiger partial charge in [-0.05, 0) is 29.3 Å². The van der Waals surface area contributed by atoms with Crippen LogP contribution in [0.25, 0.3) is 22.5 Å². The average Bonchev–Trinajstić information content (AvgIpc) is 3.14. The number of benzene rings is 2. The van der Waals surface area contributed by atoms with Crippen LogP contribution in [0.2, 0.25) is 0 Å². The first-order valence-corrected chi connectivity index (χ1v) is 11.1. The maximum absolute atomic E-state index is 11.4. The number of nitrogens with zero attached hydrogens (tertiary/aromatic N) is 3. The van der Waals surface area contributed by atoms with Crippen molar-refractivity contribution in [2.75, 3.05) is 16.7 Å². The van der Waals surface area contributed by atoms with Crippen LogP contribution in [0.15, 0.2) is 47.6 Å². The minimum absolute atomic E-state index is 0.169. The van der Waals surface area contributed by atoms with E-state index >= 15 is 0 Å². The number of H-pyrrole nitrogens is 1. The number of hydrogen-bond acceptors (Lipinski definition) is 8. The van der Waals surface area contributed by atoms with E-state index in [0.717, 1.165) is 18.0 Å². The average molecular weight is 449 g/mol. The van der Waals surface area contributed by atoms with Crippen LogP contribution < -0.4 is 4.72 Å². The number of non-ortho nitro benzene ring substituents is 1. The highest BCUT2D eigenvalue weighted by molar-refractivity contribution is 7.99. The van der Waals surface area contributed by atoms with E-state index in [2.05, 4.69) is 19.9 Å². The number of carboxylic acid groups (broad SMARTS) is 1. The van der Waals surface area contributed by atoms with Gasteiger partial charge in [0.25, 0.3) is 5.69 Å². The van der Waals surface area contributed by atoms with Crippen LogP contribution in [0.1, 0.15) is 0 Å². The Labute approximate surface area is 174 Å². The van der Waals surface area contributed by atoms with Gasteiger partial charge in [0.2, 0.25) is 10.0 Å². The van der Waals surface area contributed by atoms with Crippen molar-refractivity contribution in [3.63, 3.8) is 0 Å². The Bertz CT molecular complexity index is 1210. The van der Waals surface area contributed by atoms with Gasteiger partial charge < -0.3 is 10.1 Å². The molecule has 0 saturated heterocycles. The Kier molecular flexibility index (Phi) is 6.03. The lowest BCUT2D eigenvalue weighted by Gasteiger charge is -2.07. The van der Waals surface area contributed by atoms with Crippen molar-refractivity contribution in [3.8, 4) is 22.5 Å². The number of carbonyl (C=O) groups is 1. The first-order valence-electron chi connectivity index (χ1n) is 8.26. The molecule has 3 aromatic rings. The molecule has 1 heterocycles. The Morgan fingerprint density at radius 3 is 2.43 bits per heavy atom. The highest BCUT2D eigenvalue weighted by atomic mass is 32.2. The predicted molar refractivity (Wildman–Crippen MR) is 111 cm³/mol. The number of nitro groups is 1. The Hall–Kier alpha value is -3.45. The topological polar surface area (TPSA) is 168 Å². The van der Waals surface area contributed by atoms with Crippen LogP contribution in [-0.4, -0.2) is 51.6 Å². The monoisotopic (exact) mass is 449 g/mol. The van der Waals surface area contributed by atoms with Crippen LogP contribution in [0, 0.1) is 10.1 Å². The number of anilines is 1. The number of thioether (sulfide) groups is 1. The summed E-state index contributed by atoms with van der Waals surface area (Å²) in [5, 5.41) is 28.2. The van der Waals surface area contributed by atoms with Gasteiger partial charge in [-0.1, -0.05) is 23.9 Å². The summed E-state index contributed by atoms with van der Waals surface area (Å²) in [5.41, 5.74) is 1.73. The third-order valence-corrected chi connectivity index (χ3v) is 5.18. The van der Waals surface area contributed by atoms with E-state index in [4.69, 9.17) is 5.11 Å². The molecule has 0 spiro atoms. The number of sulfonamides is 1. The smallest absolute Gasteiger partial charge is 0.313 e. The van der Waals surface area contributed by atoms with Crippen molar-refractivity contribution in [1.29, 1.82) is 0 Å². The Morgan fingerprint density at radius 1 is 1.17 bits per heavy atom. The third kappa shape index (κ3) is 5.55.